The van der Waals surface area contributed by atoms with Crippen LogP contribution in [0.5, 0.6) is 5.75 Å². The molecule has 0 aliphatic heterocycles. The van der Waals surface area contributed by atoms with Crippen molar-refractivity contribution < 1.29 is 24.2 Å². The largest absolute Gasteiger partial charge is 0.494 e. The van der Waals surface area contributed by atoms with Crippen LogP contribution in [0.25, 0.3) is 0 Å². The van der Waals surface area contributed by atoms with Crippen LogP contribution in [-0.2, 0) is 11.2 Å². The molecule has 0 fully saturated rings. The molecule has 0 saturated heterocycles. The lowest BCUT2D eigenvalue weighted by atomic mass is 10.1. The Morgan fingerprint density at radius 3 is 2.06 bits per heavy atom. The van der Waals surface area contributed by atoms with Crippen molar-refractivity contribution in [2.24, 2.45) is 0 Å². The molecule has 3 aromatic rings. The van der Waals surface area contributed by atoms with Crippen molar-refractivity contribution in [3.8, 4) is 5.75 Å². The van der Waals surface area contributed by atoms with Crippen LogP contribution >= 0.6 is 0 Å². The monoisotopic (exact) mass is 446 g/mol. The van der Waals surface area contributed by atoms with Gasteiger partial charge in [0.25, 0.3) is 5.91 Å². The van der Waals surface area contributed by atoms with Gasteiger partial charge >= 0.3 is 5.97 Å². The van der Waals surface area contributed by atoms with Crippen molar-refractivity contribution in [1.82, 2.24) is 0 Å². The van der Waals surface area contributed by atoms with E-state index in [1.165, 1.54) is 17.7 Å². The van der Waals surface area contributed by atoms with Crippen LogP contribution in [0.2, 0.25) is 0 Å². The summed E-state index contributed by atoms with van der Waals surface area (Å²) in [4.78, 5) is 36.6. The number of carbonyl (C=O) groups excluding carboxylic acids is 2. The number of carboxylic acid groups (broad SMARTS) is 1. The molecule has 0 aromatic heterocycles. The fourth-order valence-electron chi connectivity index (χ4n) is 3.22. The van der Waals surface area contributed by atoms with Gasteiger partial charge in [0.15, 0.2) is 0 Å². The van der Waals surface area contributed by atoms with Crippen LogP contribution in [0, 0.1) is 0 Å². The highest BCUT2D eigenvalue weighted by atomic mass is 16.5. The maximum Gasteiger partial charge on any atom is 0.337 e. The standard InChI is InChI=1S/C26H26N2O5/c1-2-18-13-15-19(16-14-18)33-17-7-12-24(29)27-22-10-5-3-8-20(22)25(30)28-23-11-6-4-9-21(23)26(31)32/h3-6,8-11,13-16H,2,7,12,17H2,1H3,(H,27,29)(H,28,30)(H,31,32). The number of ether oxygens (including phenoxy) is 1. The Bertz CT molecular complexity index is 1130. The van der Waals surface area contributed by atoms with Crippen LogP contribution in [0.3, 0.4) is 0 Å². The number of aryl methyl sites for hydroxylation is 1. The highest BCUT2D eigenvalue weighted by Gasteiger charge is 2.16. The molecular weight excluding hydrogens is 420 g/mol. The Morgan fingerprint density at radius 1 is 0.818 bits per heavy atom. The van der Waals surface area contributed by atoms with Gasteiger partial charge in [0.2, 0.25) is 5.91 Å². The lowest BCUT2D eigenvalue weighted by Gasteiger charge is -2.13. The van der Waals surface area contributed by atoms with E-state index in [0.29, 0.717) is 18.7 Å². The lowest BCUT2D eigenvalue weighted by molar-refractivity contribution is -0.116. The minimum Gasteiger partial charge on any atom is -0.494 e. The second-order valence-corrected chi connectivity index (χ2v) is 7.35. The van der Waals surface area contributed by atoms with Gasteiger partial charge in [-0.05, 0) is 54.8 Å². The highest BCUT2D eigenvalue weighted by Crippen LogP contribution is 2.20. The maximum atomic E-state index is 12.8. The topological polar surface area (TPSA) is 105 Å². The summed E-state index contributed by atoms with van der Waals surface area (Å²) in [5, 5.41) is 14.7. The van der Waals surface area contributed by atoms with Crippen molar-refractivity contribution >= 4 is 29.2 Å². The van der Waals surface area contributed by atoms with E-state index in [-0.39, 0.29) is 29.1 Å². The molecule has 0 aliphatic carbocycles. The number of para-hydroxylation sites is 2. The molecule has 3 aromatic carbocycles. The fraction of sp³-hybridized carbons (Fsp3) is 0.192. The zero-order chi connectivity index (χ0) is 23.6. The quantitative estimate of drug-likeness (QED) is 0.380. The van der Waals surface area contributed by atoms with E-state index in [0.717, 1.165) is 12.2 Å². The number of anilines is 2. The number of nitrogens with one attached hydrogen (secondary N) is 2. The molecule has 3 N–H and O–H groups in total. The maximum absolute atomic E-state index is 12.8. The predicted molar refractivity (Wildman–Crippen MR) is 127 cm³/mol. The van der Waals surface area contributed by atoms with E-state index < -0.39 is 11.9 Å². The third-order valence-electron chi connectivity index (χ3n) is 5.00. The summed E-state index contributed by atoms with van der Waals surface area (Å²) in [6, 6.07) is 20.6. The van der Waals surface area contributed by atoms with Crippen molar-refractivity contribution in [2.75, 3.05) is 17.2 Å². The Hall–Kier alpha value is -4.13. The first-order valence-electron chi connectivity index (χ1n) is 10.7. The second kappa shape index (κ2) is 11.5. The third-order valence-corrected chi connectivity index (χ3v) is 5.00. The van der Waals surface area contributed by atoms with Gasteiger partial charge in [0.05, 0.1) is 29.1 Å². The van der Waals surface area contributed by atoms with Gasteiger partial charge in [0.1, 0.15) is 5.75 Å². The molecule has 0 unspecified atom stereocenters. The molecule has 170 valence electrons. The van der Waals surface area contributed by atoms with E-state index in [9.17, 15) is 19.5 Å². The summed E-state index contributed by atoms with van der Waals surface area (Å²) >= 11 is 0. The summed E-state index contributed by atoms with van der Waals surface area (Å²) in [6.07, 6.45) is 1.71. The molecule has 2 amide bonds. The number of aromatic carboxylic acids is 1. The first-order valence-corrected chi connectivity index (χ1v) is 10.7. The van der Waals surface area contributed by atoms with Gasteiger partial charge in [-0.2, -0.15) is 0 Å². The average Bonchev–Trinajstić information content (AvgIpc) is 2.82. The van der Waals surface area contributed by atoms with Gasteiger partial charge in [0, 0.05) is 6.42 Å². The molecule has 0 aliphatic rings. The van der Waals surface area contributed by atoms with E-state index in [1.807, 2.05) is 24.3 Å². The van der Waals surface area contributed by atoms with Crippen molar-refractivity contribution in [3.05, 3.63) is 89.5 Å². The van der Waals surface area contributed by atoms with Crippen molar-refractivity contribution in [3.63, 3.8) is 0 Å². The smallest absolute Gasteiger partial charge is 0.337 e. The molecule has 0 saturated carbocycles. The second-order valence-electron chi connectivity index (χ2n) is 7.35. The predicted octanol–water partition coefficient (Wildman–Crippen LogP) is 5.00. The molecule has 7 nitrogen and oxygen atoms in total. The summed E-state index contributed by atoms with van der Waals surface area (Å²) in [7, 11) is 0. The van der Waals surface area contributed by atoms with Gasteiger partial charge in [-0.3, -0.25) is 9.59 Å². The summed E-state index contributed by atoms with van der Waals surface area (Å²) < 4.78 is 5.67. The van der Waals surface area contributed by atoms with Crippen molar-refractivity contribution in [1.29, 1.82) is 0 Å². The fourth-order valence-corrected chi connectivity index (χ4v) is 3.22. The van der Waals surface area contributed by atoms with Gasteiger partial charge in [-0.25, -0.2) is 4.79 Å². The van der Waals surface area contributed by atoms with Crippen LogP contribution in [0.15, 0.2) is 72.8 Å². The molecule has 0 spiro atoms. The molecule has 0 heterocycles. The van der Waals surface area contributed by atoms with Crippen LogP contribution < -0.4 is 15.4 Å². The molecular formula is C26H26N2O5. The zero-order valence-electron chi connectivity index (χ0n) is 18.3. The zero-order valence-corrected chi connectivity index (χ0v) is 18.3. The lowest BCUT2D eigenvalue weighted by Crippen LogP contribution is -2.19. The minimum absolute atomic E-state index is 0.0169. The molecule has 3 rings (SSSR count). The van der Waals surface area contributed by atoms with Crippen LogP contribution in [0.4, 0.5) is 11.4 Å². The normalized spacial score (nSPS) is 10.3. The highest BCUT2D eigenvalue weighted by molar-refractivity contribution is 6.12. The first kappa shape index (κ1) is 23.5. The first-order chi connectivity index (χ1) is 16.0. The number of hydrogen-bond donors (Lipinski definition) is 3. The number of hydrogen-bond acceptors (Lipinski definition) is 4. The van der Waals surface area contributed by atoms with Crippen LogP contribution in [0.1, 0.15) is 46.0 Å². The van der Waals surface area contributed by atoms with E-state index in [2.05, 4.69) is 17.6 Å². The van der Waals surface area contributed by atoms with Gasteiger partial charge in [-0.1, -0.05) is 43.3 Å². The third kappa shape index (κ3) is 6.67. The summed E-state index contributed by atoms with van der Waals surface area (Å²) in [6.45, 7) is 2.48. The molecule has 0 radical (unpaired) electrons. The molecule has 7 heteroatoms. The summed E-state index contributed by atoms with van der Waals surface area (Å²) in [5.74, 6) is -1.14. The van der Waals surface area contributed by atoms with E-state index >= 15 is 0 Å². The van der Waals surface area contributed by atoms with Crippen LogP contribution in [-0.4, -0.2) is 29.5 Å². The SMILES string of the molecule is CCc1ccc(OCCCC(=O)Nc2ccccc2C(=O)Nc2ccccc2C(=O)O)cc1. The van der Waals surface area contributed by atoms with Crippen molar-refractivity contribution in [2.45, 2.75) is 26.2 Å². The number of carboxylic acids is 1. The van der Waals surface area contributed by atoms with Gasteiger partial charge in [-0.15, -0.1) is 0 Å². The van der Waals surface area contributed by atoms with Gasteiger partial charge < -0.3 is 20.5 Å². The average molecular weight is 447 g/mol. The minimum atomic E-state index is -1.14. The Morgan fingerprint density at radius 2 is 1.42 bits per heavy atom. The Kier molecular flexibility index (Phi) is 8.18. The summed E-state index contributed by atoms with van der Waals surface area (Å²) in [5.41, 5.74) is 1.98. The number of rotatable bonds is 10. The van der Waals surface area contributed by atoms with E-state index in [4.69, 9.17) is 4.74 Å². The molecule has 0 bridgehead atoms. The molecule has 33 heavy (non-hydrogen) atoms. The number of amides is 2. The molecule has 0 atom stereocenters. The van der Waals surface area contributed by atoms with E-state index in [1.54, 1.807) is 36.4 Å². The number of benzene rings is 3. The Balaban J connectivity index is 1.55. The Labute approximate surface area is 192 Å². The number of carbonyl (C=O) groups is 3.